The lowest BCUT2D eigenvalue weighted by atomic mass is 9.81. The molecule has 0 radical (unpaired) electrons. The van der Waals surface area contributed by atoms with Gasteiger partial charge in [0, 0.05) is 24.6 Å². The largest absolute Gasteiger partial charge is 0.312 e. The standard InChI is InChI=1S/C21H17Cl2NO/c1-2-24-18-11-10-13-6-3-4-7-14(13)20(18)16(12-19(24)25)15-8-5-9-17(22)21(15)23/h3-11,16H,2,12H2,1H3. The monoisotopic (exact) mass is 369 g/mol. The van der Waals surface area contributed by atoms with E-state index >= 15 is 0 Å². The molecule has 0 fully saturated rings. The second-order valence-electron chi connectivity index (χ2n) is 6.26. The van der Waals surface area contributed by atoms with Crippen LogP contribution in [-0.2, 0) is 4.79 Å². The van der Waals surface area contributed by atoms with Gasteiger partial charge in [-0.05, 0) is 41.0 Å². The number of rotatable bonds is 2. The highest BCUT2D eigenvalue weighted by atomic mass is 35.5. The maximum absolute atomic E-state index is 12.8. The molecular formula is C21H17Cl2NO. The van der Waals surface area contributed by atoms with Gasteiger partial charge < -0.3 is 4.90 Å². The summed E-state index contributed by atoms with van der Waals surface area (Å²) in [5.41, 5.74) is 3.04. The molecule has 3 aromatic rings. The van der Waals surface area contributed by atoms with E-state index in [1.54, 1.807) is 6.07 Å². The van der Waals surface area contributed by atoms with Crippen molar-refractivity contribution in [3.8, 4) is 0 Å². The Balaban J connectivity index is 2.04. The molecule has 1 heterocycles. The molecule has 1 aliphatic heterocycles. The summed E-state index contributed by atoms with van der Waals surface area (Å²) in [6, 6.07) is 18.0. The minimum atomic E-state index is -0.0948. The van der Waals surface area contributed by atoms with E-state index < -0.39 is 0 Å². The van der Waals surface area contributed by atoms with Crippen LogP contribution in [-0.4, -0.2) is 12.5 Å². The van der Waals surface area contributed by atoms with Crippen LogP contribution in [0, 0.1) is 0 Å². The van der Waals surface area contributed by atoms with E-state index in [0.717, 1.165) is 27.6 Å². The van der Waals surface area contributed by atoms with E-state index in [-0.39, 0.29) is 11.8 Å². The third-order valence-electron chi connectivity index (χ3n) is 4.94. The predicted molar refractivity (Wildman–Crippen MR) is 105 cm³/mol. The number of carbonyl (C=O) groups excluding carboxylic acids is 1. The van der Waals surface area contributed by atoms with Crippen LogP contribution in [0.2, 0.25) is 10.0 Å². The van der Waals surface area contributed by atoms with Crippen LogP contribution in [0.15, 0.2) is 54.6 Å². The molecule has 0 saturated heterocycles. The zero-order chi connectivity index (χ0) is 17.6. The molecule has 25 heavy (non-hydrogen) atoms. The van der Waals surface area contributed by atoms with Gasteiger partial charge in [0.15, 0.2) is 0 Å². The van der Waals surface area contributed by atoms with Crippen LogP contribution in [0.4, 0.5) is 5.69 Å². The van der Waals surface area contributed by atoms with Crippen molar-refractivity contribution in [1.29, 1.82) is 0 Å². The molecule has 3 aromatic carbocycles. The number of fused-ring (bicyclic) bond motifs is 3. The van der Waals surface area contributed by atoms with Crippen molar-refractivity contribution in [3.63, 3.8) is 0 Å². The van der Waals surface area contributed by atoms with Crippen LogP contribution < -0.4 is 4.90 Å². The molecule has 1 amide bonds. The molecule has 126 valence electrons. The van der Waals surface area contributed by atoms with Crippen molar-refractivity contribution >= 4 is 45.6 Å². The number of benzene rings is 3. The van der Waals surface area contributed by atoms with E-state index in [1.807, 2.05) is 42.2 Å². The van der Waals surface area contributed by atoms with E-state index in [0.29, 0.717) is 23.0 Å². The van der Waals surface area contributed by atoms with Gasteiger partial charge in [0.2, 0.25) is 5.91 Å². The summed E-state index contributed by atoms with van der Waals surface area (Å²) >= 11 is 12.7. The lowest BCUT2D eigenvalue weighted by molar-refractivity contribution is -0.119. The quantitative estimate of drug-likeness (QED) is 0.539. The molecule has 4 rings (SSSR count). The zero-order valence-electron chi connectivity index (χ0n) is 13.8. The molecule has 1 aliphatic rings. The fraction of sp³-hybridized carbons (Fsp3) is 0.190. The Hall–Kier alpha value is -2.03. The summed E-state index contributed by atoms with van der Waals surface area (Å²) in [6.45, 7) is 2.66. The first-order valence-corrected chi connectivity index (χ1v) is 9.13. The Kier molecular flexibility index (Phi) is 4.18. The number of anilines is 1. The van der Waals surface area contributed by atoms with Crippen molar-refractivity contribution in [2.45, 2.75) is 19.3 Å². The summed E-state index contributed by atoms with van der Waals surface area (Å²) in [5.74, 6) is 0.0222. The van der Waals surface area contributed by atoms with Gasteiger partial charge in [-0.2, -0.15) is 0 Å². The Morgan fingerprint density at radius 2 is 1.84 bits per heavy atom. The predicted octanol–water partition coefficient (Wildman–Crippen LogP) is 6.04. The number of hydrogen-bond donors (Lipinski definition) is 0. The zero-order valence-corrected chi connectivity index (χ0v) is 15.3. The van der Waals surface area contributed by atoms with Gasteiger partial charge in [-0.1, -0.05) is 65.7 Å². The second-order valence-corrected chi connectivity index (χ2v) is 7.04. The Bertz CT molecular complexity index is 983. The summed E-state index contributed by atoms with van der Waals surface area (Å²) in [6.07, 6.45) is 0.398. The Labute approximate surface area is 157 Å². The third-order valence-corrected chi connectivity index (χ3v) is 5.77. The lowest BCUT2D eigenvalue weighted by Crippen LogP contribution is -2.36. The summed E-state index contributed by atoms with van der Waals surface area (Å²) in [5, 5.41) is 3.37. The molecule has 2 nitrogen and oxygen atoms in total. The van der Waals surface area contributed by atoms with Gasteiger partial charge in [0.25, 0.3) is 0 Å². The van der Waals surface area contributed by atoms with Crippen LogP contribution in [0.3, 0.4) is 0 Å². The van der Waals surface area contributed by atoms with Gasteiger partial charge in [0.05, 0.1) is 10.0 Å². The van der Waals surface area contributed by atoms with Crippen LogP contribution >= 0.6 is 23.2 Å². The van der Waals surface area contributed by atoms with Gasteiger partial charge in [-0.15, -0.1) is 0 Å². The fourth-order valence-corrected chi connectivity index (χ4v) is 4.25. The average Bonchev–Trinajstić information content (AvgIpc) is 2.63. The molecule has 0 aromatic heterocycles. The Morgan fingerprint density at radius 1 is 1.04 bits per heavy atom. The van der Waals surface area contributed by atoms with Gasteiger partial charge in [-0.25, -0.2) is 0 Å². The molecule has 0 N–H and O–H groups in total. The van der Waals surface area contributed by atoms with E-state index in [4.69, 9.17) is 23.2 Å². The first-order valence-electron chi connectivity index (χ1n) is 8.37. The van der Waals surface area contributed by atoms with E-state index in [1.165, 1.54) is 0 Å². The normalized spacial score (nSPS) is 17.0. The number of halogens is 2. The molecular weight excluding hydrogens is 353 g/mol. The van der Waals surface area contributed by atoms with Crippen LogP contribution in [0.5, 0.6) is 0 Å². The topological polar surface area (TPSA) is 20.3 Å². The molecule has 1 atom stereocenters. The first-order chi connectivity index (χ1) is 12.1. The number of carbonyl (C=O) groups is 1. The molecule has 1 unspecified atom stereocenters. The van der Waals surface area contributed by atoms with Crippen molar-refractivity contribution < 1.29 is 4.79 Å². The summed E-state index contributed by atoms with van der Waals surface area (Å²) in [7, 11) is 0. The van der Waals surface area contributed by atoms with Gasteiger partial charge >= 0.3 is 0 Å². The minimum Gasteiger partial charge on any atom is -0.312 e. The number of nitrogens with zero attached hydrogens (tertiary/aromatic N) is 1. The minimum absolute atomic E-state index is 0.0948. The van der Waals surface area contributed by atoms with Crippen molar-refractivity contribution in [2.24, 2.45) is 0 Å². The Morgan fingerprint density at radius 3 is 2.64 bits per heavy atom. The molecule has 0 bridgehead atoms. The smallest absolute Gasteiger partial charge is 0.227 e. The van der Waals surface area contributed by atoms with E-state index in [9.17, 15) is 4.79 Å². The van der Waals surface area contributed by atoms with Crippen molar-refractivity contribution in [2.75, 3.05) is 11.4 Å². The molecule has 4 heteroatoms. The summed E-state index contributed by atoms with van der Waals surface area (Å²) in [4.78, 5) is 14.6. The van der Waals surface area contributed by atoms with Gasteiger partial charge in [-0.3, -0.25) is 4.79 Å². The highest BCUT2D eigenvalue weighted by Crippen LogP contribution is 2.46. The lowest BCUT2D eigenvalue weighted by Gasteiger charge is -2.35. The molecule has 0 saturated carbocycles. The third kappa shape index (κ3) is 2.61. The summed E-state index contributed by atoms with van der Waals surface area (Å²) < 4.78 is 0. The molecule has 0 spiro atoms. The fourth-order valence-electron chi connectivity index (χ4n) is 3.81. The highest BCUT2D eigenvalue weighted by Gasteiger charge is 2.34. The average molecular weight is 370 g/mol. The maximum atomic E-state index is 12.8. The number of hydrogen-bond acceptors (Lipinski definition) is 1. The van der Waals surface area contributed by atoms with Crippen molar-refractivity contribution in [1.82, 2.24) is 0 Å². The van der Waals surface area contributed by atoms with Crippen LogP contribution in [0.25, 0.3) is 10.8 Å². The van der Waals surface area contributed by atoms with Gasteiger partial charge in [0.1, 0.15) is 0 Å². The van der Waals surface area contributed by atoms with Crippen molar-refractivity contribution in [3.05, 3.63) is 75.8 Å². The SMILES string of the molecule is CCN1C(=O)CC(c2cccc(Cl)c2Cl)c2c1ccc1ccccc21. The van der Waals surface area contributed by atoms with Crippen LogP contribution in [0.1, 0.15) is 30.4 Å². The highest BCUT2D eigenvalue weighted by molar-refractivity contribution is 6.42. The molecule has 0 aliphatic carbocycles. The first kappa shape index (κ1) is 16.4. The van der Waals surface area contributed by atoms with E-state index in [2.05, 4.69) is 18.2 Å². The maximum Gasteiger partial charge on any atom is 0.227 e. The second kappa shape index (κ2) is 6.36. The number of amides is 1.